The molecule has 1 aromatic heterocycles. The van der Waals surface area contributed by atoms with Crippen molar-refractivity contribution in [1.82, 2.24) is 4.98 Å². The van der Waals surface area contributed by atoms with E-state index >= 15 is 0 Å². The Kier molecular flexibility index (Phi) is 5.29. The Hall–Kier alpha value is -2.40. The Morgan fingerprint density at radius 3 is 2.71 bits per heavy atom. The number of anilines is 1. The highest BCUT2D eigenvalue weighted by Gasteiger charge is 2.13. The summed E-state index contributed by atoms with van der Waals surface area (Å²) in [6.45, 7) is 3.14. The van der Waals surface area contributed by atoms with Crippen molar-refractivity contribution >= 4 is 11.8 Å². The Labute approximate surface area is 124 Å². The van der Waals surface area contributed by atoms with Crippen molar-refractivity contribution < 1.29 is 9.53 Å². The first kappa shape index (κ1) is 15.0. The van der Waals surface area contributed by atoms with Crippen LogP contribution in [0.25, 0.3) is 0 Å². The first-order valence-electron chi connectivity index (χ1n) is 6.89. The van der Waals surface area contributed by atoms with Crippen molar-refractivity contribution in [3.05, 3.63) is 59.3 Å². The number of benzene rings is 1. The average Bonchev–Trinajstić information content (AvgIpc) is 2.53. The van der Waals surface area contributed by atoms with Gasteiger partial charge < -0.3 is 15.8 Å². The van der Waals surface area contributed by atoms with E-state index in [1.807, 2.05) is 24.3 Å². The van der Waals surface area contributed by atoms with E-state index in [1.54, 1.807) is 25.3 Å². The van der Waals surface area contributed by atoms with Crippen molar-refractivity contribution in [2.45, 2.75) is 20.0 Å². The molecule has 0 aliphatic carbocycles. The molecular formula is C16H19N3O2. The first-order chi connectivity index (χ1) is 10.3. The molecule has 110 valence electrons. The van der Waals surface area contributed by atoms with E-state index in [4.69, 9.17) is 10.5 Å². The normalized spacial score (nSPS) is 10.2. The minimum absolute atomic E-state index is 0.336. The Balaban J connectivity index is 2.15. The molecule has 0 fully saturated rings. The smallest absolute Gasteiger partial charge is 0.341 e. The van der Waals surface area contributed by atoms with Gasteiger partial charge in [-0.25, -0.2) is 9.78 Å². The number of ether oxygens (including phenoxy) is 1. The second-order valence-electron chi connectivity index (χ2n) is 4.45. The van der Waals surface area contributed by atoms with Crippen LogP contribution in [0.1, 0.15) is 28.4 Å². The maximum Gasteiger partial charge on any atom is 0.341 e. The maximum absolute atomic E-state index is 11.9. The number of esters is 1. The molecule has 21 heavy (non-hydrogen) atoms. The molecule has 5 nitrogen and oxygen atoms in total. The molecule has 0 aliphatic rings. The lowest BCUT2D eigenvalue weighted by molar-refractivity contribution is 0.0527. The second-order valence-corrected chi connectivity index (χ2v) is 4.45. The Morgan fingerprint density at radius 1 is 1.24 bits per heavy atom. The molecule has 0 saturated heterocycles. The fraction of sp³-hybridized carbons (Fsp3) is 0.250. The predicted molar refractivity (Wildman–Crippen MR) is 81.9 cm³/mol. The summed E-state index contributed by atoms with van der Waals surface area (Å²) in [5.74, 6) is 0.142. The summed E-state index contributed by atoms with van der Waals surface area (Å²) in [4.78, 5) is 16.1. The highest BCUT2D eigenvalue weighted by Crippen LogP contribution is 2.15. The summed E-state index contributed by atoms with van der Waals surface area (Å²) in [5.41, 5.74) is 8.31. The van der Waals surface area contributed by atoms with Crippen molar-refractivity contribution in [3.63, 3.8) is 0 Å². The molecule has 0 saturated carbocycles. The number of nitrogens with one attached hydrogen (secondary N) is 1. The van der Waals surface area contributed by atoms with Crippen LogP contribution in [0.4, 0.5) is 5.82 Å². The van der Waals surface area contributed by atoms with Gasteiger partial charge in [0.1, 0.15) is 11.4 Å². The fourth-order valence-corrected chi connectivity index (χ4v) is 2.03. The van der Waals surface area contributed by atoms with Gasteiger partial charge in [0.2, 0.25) is 0 Å². The molecule has 1 aromatic carbocycles. The number of carbonyl (C=O) groups excluding carboxylic acids is 1. The number of hydrogen-bond acceptors (Lipinski definition) is 5. The summed E-state index contributed by atoms with van der Waals surface area (Å²) in [7, 11) is 0. The van der Waals surface area contributed by atoms with Crippen LogP contribution < -0.4 is 11.1 Å². The third-order valence-corrected chi connectivity index (χ3v) is 3.09. The van der Waals surface area contributed by atoms with Gasteiger partial charge in [-0.05, 0) is 30.2 Å². The SMILES string of the molecule is CCOC(=O)c1cccnc1NCc1ccccc1CN. The second kappa shape index (κ2) is 7.40. The monoisotopic (exact) mass is 285 g/mol. The van der Waals surface area contributed by atoms with Gasteiger partial charge in [0.25, 0.3) is 0 Å². The number of nitrogens with zero attached hydrogens (tertiary/aromatic N) is 1. The van der Waals surface area contributed by atoms with Gasteiger partial charge in [0, 0.05) is 19.3 Å². The Bertz CT molecular complexity index is 614. The molecule has 0 spiro atoms. The molecule has 5 heteroatoms. The number of carbonyl (C=O) groups is 1. The third-order valence-electron chi connectivity index (χ3n) is 3.09. The molecule has 0 radical (unpaired) electrons. The number of nitrogens with two attached hydrogens (primary N) is 1. The standard InChI is InChI=1S/C16H19N3O2/c1-2-21-16(20)14-8-5-9-18-15(14)19-11-13-7-4-3-6-12(13)10-17/h3-9H,2,10-11,17H2,1H3,(H,18,19). The molecule has 3 N–H and O–H groups in total. The summed E-state index contributed by atoms with van der Waals surface area (Å²) in [6.07, 6.45) is 1.64. The van der Waals surface area contributed by atoms with Gasteiger partial charge in [-0.1, -0.05) is 24.3 Å². The molecule has 0 atom stereocenters. The van der Waals surface area contributed by atoms with Crippen molar-refractivity contribution in [2.75, 3.05) is 11.9 Å². The number of hydrogen-bond donors (Lipinski definition) is 2. The van der Waals surface area contributed by atoms with Crippen molar-refractivity contribution in [1.29, 1.82) is 0 Å². The summed E-state index contributed by atoms with van der Waals surface area (Å²) >= 11 is 0. The number of aromatic nitrogens is 1. The van der Waals surface area contributed by atoms with Crippen LogP contribution >= 0.6 is 0 Å². The van der Waals surface area contributed by atoms with Crippen LogP contribution in [0.3, 0.4) is 0 Å². The van der Waals surface area contributed by atoms with E-state index in [1.165, 1.54) is 0 Å². The molecular weight excluding hydrogens is 266 g/mol. The third kappa shape index (κ3) is 3.79. The van der Waals surface area contributed by atoms with E-state index in [2.05, 4.69) is 10.3 Å². The molecule has 0 amide bonds. The van der Waals surface area contributed by atoms with Gasteiger partial charge in [-0.3, -0.25) is 0 Å². The maximum atomic E-state index is 11.9. The van der Waals surface area contributed by atoms with E-state index in [9.17, 15) is 4.79 Å². The zero-order chi connectivity index (χ0) is 15.1. The van der Waals surface area contributed by atoms with Crippen LogP contribution in [-0.4, -0.2) is 17.6 Å². The number of rotatable bonds is 6. The summed E-state index contributed by atoms with van der Waals surface area (Å²) in [5, 5.41) is 3.18. The molecule has 0 aliphatic heterocycles. The molecule has 0 unspecified atom stereocenters. The first-order valence-corrected chi connectivity index (χ1v) is 6.89. The summed E-state index contributed by atoms with van der Waals surface area (Å²) in [6, 6.07) is 11.3. The van der Waals surface area contributed by atoms with Crippen LogP contribution in [0.5, 0.6) is 0 Å². The van der Waals surface area contributed by atoms with E-state index in [-0.39, 0.29) is 5.97 Å². The highest BCUT2D eigenvalue weighted by atomic mass is 16.5. The van der Waals surface area contributed by atoms with Crippen LogP contribution in [0.15, 0.2) is 42.6 Å². The topological polar surface area (TPSA) is 77.2 Å². The van der Waals surface area contributed by atoms with Crippen molar-refractivity contribution in [3.8, 4) is 0 Å². The van der Waals surface area contributed by atoms with Gasteiger partial charge in [0.05, 0.1) is 6.61 Å². The Morgan fingerprint density at radius 2 is 2.00 bits per heavy atom. The van der Waals surface area contributed by atoms with Crippen molar-refractivity contribution in [2.24, 2.45) is 5.73 Å². The van der Waals surface area contributed by atoms with Gasteiger partial charge >= 0.3 is 5.97 Å². The molecule has 2 rings (SSSR count). The lowest BCUT2D eigenvalue weighted by Crippen LogP contribution is -2.12. The number of pyridine rings is 1. The summed E-state index contributed by atoms with van der Waals surface area (Å²) < 4.78 is 5.03. The van der Waals surface area contributed by atoms with Gasteiger partial charge in [0.15, 0.2) is 0 Å². The fourth-order valence-electron chi connectivity index (χ4n) is 2.03. The minimum Gasteiger partial charge on any atom is -0.462 e. The molecule has 2 aromatic rings. The van der Waals surface area contributed by atoms with Gasteiger partial charge in [-0.2, -0.15) is 0 Å². The van der Waals surface area contributed by atoms with Crippen LogP contribution in [0.2, 0.25) is 0 Å². The van der Waals surface area contributed by atoms with Crippen LogP contribution in [-0.2, 0) is 17.8 Å². The van der Waals surface area contributed by atoms with Crippen LogP contribution in [0, 0.1) is 0 Å². The lowest BCUT2D eigenvalue weighted by atomic mass is 10.1. The predicted octanol–water partition coefficient (Wildman–Crippen LogP) is 2.33. The lowest BCUT2D eigenvalue weighted by Gasteiger charge is -2.12. The minimum atomic E-state index is -0.375. The van der Waals surface area contributed by atoms with E-state index in [0.717, 1.165) is 11.1 Å². The van der Waals surface area contributed by atoms with E-state index in [0.29, 0.717) is 31.1 Å². The zero-order valence-electron chi connectivity index (χ0n) is 12.0. The van der Waals surface area contributed by atoms with Gasteiger partial charge in [-0.15, -0.1) is 0 Å². The quantitative estimate of drug-likeness (QED) is 0.796. The van der Waals surface area contributed by atoms with E-state index < -0.39 is 0 Å². The molecule has 1 heterocycles. The molecule has 0 bridgehead atoms. The average molecular weight is 285 g/mol. The zero-order valence-corrected chi connectivity index (χ0v) is 12.0. The highest BCUT2D eigenvalue weighted by molar-refractivity contribution is 5.94. The largest absolute Gasteiger partial charge is 0.462 e.